The monoisotopic (exact) mass is 276 g/mol. The zero-order valence-electron chi connectivity index (χ0n) is 11.4. The van der Waals surface area contributed by atoms with E-state index < -0.39 is 11.4 Å². The van der Waals surface area contributed by atoms with E-state index in [4.69, 9.17) is 15.3 Å². The Hall–Kier alpha value is -2.50. The highest BCUT2D eigenvalue weighted by Crippen LogP contribution is 2.18. The average Bonchev–Trinajstić information content (AvgIpc) is 2.43. The molecule has 0 amide bonds. The molecule has 2 aromatic rings. The van der Waals surface area contributed by atoms with Gasteiger partial charge in [-0.3, -0.25) is 9.47 Å². The molecule has 0 aliphatic heterocycles. The number of nitrogens with zero attached hydrogens (tertiary/aromatic N) is 1. The summed E-state index contributed by atoms with van der Waals surface area (Å²) in [4.78, 5) is 24.1. The third kappa shape index (κ3) is 2.45. The summed E-state index contributed by atoms with van der Waals surface area (Å²) >= 11 is 0. The molecule has 6 nitrogen and oxygen atoms in total. The van der Waals surface area contributed by atoms with Crippen LogP contribution < -0.4 is 16.0 Å². The molecule has 20 heavy (non-hydrogen) atoms. The quantitative estimate of drug-likeness (QED) is 0.672. The summed E-state index contributed by atoms with van der Waals surface area (Å²) in [6, 6.07) is 4.97. The Morgan fingerprint density at radius 2 is 2.05 bits per heavy atom. The molecule has 106 valence electrons. The predicted molar refractivity (Wildman–Crippen MR) is 75.5 cm³/mol. The third-order valence-corrected chi connectivity index (χ3v) is 2.81. The van der Waals surface area contributed by atoms with Crippen molar-refractivity contribution in [1.29, 1.82) is 0 Å². The van der Waals surface area contributed by atoms with Crippen LogP contribution in [0.3, 0.4) is 0 Å². The summed E-state index contributed by atoms with van der Waals surface area (Å²) in [6.45, 7) is 4.20. The van der Waals surface area contributed by atoms with Crippen molar-refractivity contribution in [3.8, 4) is 5.75 Å². The van der Waals surface area contributed by atoms with Crippen LogP contribution in [0.15, 0.2) is 29.2 Å². The number of hydrogen-bond donors (Lipinski definition) is 1. The van der Waals surface area contributed by atoms with Crippen molar-refractivity contribution in [2.45, 2.75) is 13.8 Å². The molecule has 1 aromatic heterocycles. The average molecular weight is 276 g/mol. The Morgan fingerprint density at radius 3 is 2.70 bits per heavy atom. The standard InChI is InChI=1S/C14H16N2O4/c1-3-19-9-5-6-12-10(7-9)13(17)11(8-16(12)15)14(18)20-4-2/h5-8H,3-4,15H2,1-2H3. The van der Waals surface area contributed by atoms with E-state index in [2.05, 4.69) is 0 Å². The van der Waals surface area contributed by atoms with Crippen molar-refractivity contribution in [1.82, 2.24) is 4.68 Å². The first-order chi connectivity index (χ1) is 9.58. The molecule has 0 saturated heterocycles. The molecule has 1 heterocycles. The van der Waals surface area contributed by atoms with E-state index in [1.165, 1.54) is 10.9 Å². The molecule has 0 spiro atoms. The van der Waals surface area contributed by atoms with Crippen molar-refractivity contribution in [2.75, 3.05) is 19.1 Å². The molecule has 6 heteroatoms. The van der Waals surface area contributed by atoms with Gasteiger partial charge < -0.3 is 15.3 Å². The molecule has 2 N–H and O–H groups in total. The van der Waals surface area contributed by atoms with Gasteiger partial charge in [0, 0.05) is 6.20 Å². The Bertz CT molecular complexity index is 706. The number of pyridine rings is 1. The van der Waals surface area contributed by atoms with Gasteiger partial charge in [-0.2, -0.15) is 0 Å². The maximum absolute atomic E-state index is 12.3. The number of aromatic nitrogens is 1. The zero-order valence-corrected chi connectivity index (χ0v) is 11.4. The van der Waals surface area contributed by atoms with Gasteiger partial charge in [-0.1, -0.05) is 0 Å². The van der Waals surface area contributed by atoms with E-state index in [1.54, 1.807) is 25.1 Å². The molecule has 2 rings (SSSR count). The normalized spacial score (nSPS) is 10.5. The molecule has 0 atom stereocenters. The number of carbonyl (C=O) groups excluding carboxylic acids is 1. The van der Waals surface area contributed by atoms with Gasteiger partial charge in [-0.15, -0.1) is 0 Å². The van der Waals surface area contributed by atoms with Gasteiger partial charge in [0.05, 0.1) is 24.1 Å². The van der Waals surface area contributed by atoms with Gasteiger partial charge in [0.15, 0.2) is 0 Å². The van der Waals surface area contributed by atoms with Crippen LogP contribution in [0.2, 0.25) is 0 Å². The summed E-state index contributed by atoms with van der Waals surface area (Å²) in [7, 11) is 0. The lowest BCUT2D eigenvalue weighted by atomic mass is 10.1. The Kier molecular flexibility index (Phi) is 3.93. The summed E-state index contributed by atoms with van der Waals surface area (Å²) in [5.74, 6) is 5.69. The fraction of sp³-hybridized carbons (Fsp3) is 0.286. The number of fused-ring (bicyclic) bond motifs is 1. The second-order valence-corrected chi connectivity index (χ2v) is 4.11. The second-order valence-electron chi connectivity index (χ2n) is 4.11. The number of hydrogen-bond acceptors (Lipinski definition) is 5. The molecule has 0 unspecified atom stereocenters. The minimum atomic E-state index is -0.680. The molecule has 0 fully saturated rings. The SMILES string of the molecule is CCOC(=O)c1cn(N)c2ccc(OCC)cc2c1=O. The number of nitrogens with two attached hydrogens (primary N) is 1. The van der Waals surface area contributed by atoms with Crippen LogP contribution in [0.5, 0.6) is 5.75 Å². The highest BCUT2D eigenvalue weighted by molar-refractivity contribution is 5.94. The number of esters is 1. The van der Waals surface area contributed by atoms with Crippen molar-refractivity contribution in [3.05, 3.63) is 40.2 Å². The van der Waals surface area contributed by atoms with Crippen LogP contribution in [0.25, 0.3) is 10.9 Å². The highest BCUT2D eigenvalue weighted by atomic mass is 16.5. The molecule has 1 aromatic carbocycles. The lowest BCUT2D eigenvalue weighted by Crippen LogP contribution is -2.23. The van der Waals surface area contributed by atoms with E-state index in [0.29, 0.717) is 23.3 Å². The third-order valence-electron chi connectivity index (χ3n) is 2.81. The van der Waals surface area contributed by atoms with Gasteiger partial charge >= 0.3 is 5.97 Å². The topological polar surface area (TPSA) is 83.6 Å². The van der Waals surface area contributed by atoms with Gasteiger partial charge in [-0.05, 0) is 32.0 Å². The Balaban J connectivity index is 2.66. The van der Waals surface area contributed by atoms with Gasteiger partial charge in [0.2, 0.25) is 5.43 Å². The largest absolute Gasteiger partial charge is 0.494 e. The van der Waals surface area contributed by atoms with Crippen LogP contribution in [0.4, 0.5) is 0 Å². The molecular weight excluding hydrogens is 260 g/mol. The lowest BCUT2D eigenvalue weighted by Gasteiger charge is -2.10. The van der Waals surface area contributed by atoms with Crippen LogP contribution in [0.1, 0.15) is 24.2 Å². The minimum absolute atomic E-state index is 0.0875. The minimum Gasteiger partial charge on any atom is -0.494 e. The fourth-order valence-electron chi connectivity index (χ4n) is 1.95. The molecule has 0 saturated carbocycles. The maximum Gasteiger partial charge on any atom is 0.343 e. The van der Waals surface area contributed by atoms with Gasteiger partial charge in [0.25, 0.3) is 0 Å². The number of benzene rings is 1. The van der Waals surface area contributed by atoms with E-state index in [1.807, 2.05) is 6.92 Å². The van der Waals surface area contributed by atoms with E-state index in [-0.39, 0.29) is 12.2 Å². The van der Waals surface area contributed by atoms with Crippen molar-refractivity contribution < 1.29 is 14.3 Å². The number of rotatable bonds is 4. The van der Waals surface area contributed by atoms with E-state index >= 15 is 0 Å². The van der Waals surface area contributed by atoms with Crippen LogP contribution in [0, 0.1) is 0 Å². The molecular formula is C14H16N2O4. The summed E-state index contributed by atoms with van der Waals surface area (Å²) < 4.78 is 11.4. The first-order valence-electron chi connectivity index (χ1n) is 6.32. The summed E-state index contributed by atoms with van der Waals surface area (Å²) in [5, 5.41) is 0.323. The van der Waals surface area contributed by atoms with Crippen LogP contribution >= 0.6 is 0 Å². The van der Waals surface area contributed by atoms with Gasteiger partial charge in [0.1, 0.15) is 11.3 Å². The molecule has 0 aliphatic rings. The number of ether oxygens (including phenoxy) is 2. The Morgan fingerprint density at radius 1 is 1.30 bits per heavy atom. The van der Waals surface area contributed by atoms with Crippen molar-refractivity contribution >= 4 is 16.9 Å². The molecule has 0 aliphatic carbocycles. The number of carbonyl (C=O) groups is 1. The lowest BCUT2D eigenvalue weighted by molar-refractivity contribution is 0.0524. The van der Waals surface area contributed by atoms with Crippen molar-refractivity contribution in [2.24, 2.45) is 0 Å². The second kappa shape index (κ2) is 5.64. The first-order valence-corrected chi connectivity index (χ1v) is 6.32. The van der Waals surface area contributed by atoms with Crippen LogP contribution in [-0.4, -0.2) is 23.9 Å². The maximum atomic E-state index is 12.3. The Labute approximate surface area is 115 Å². The zero-order chi connectivity index (χ0) is 14.7. The summed E-state index contributed by atoms with van der Waals surface area (Å²) in [6.07, 6.45) is 1.28. The van der Waals surface area contributed by atoms with Crippen molar-refractivity contribution in [3.63, 3.8) is 0 Å². The number of nitrogen functional groups attached to an aromatic ring is 1. The van der Waals surface area contributed by atoms with E-state index in [9.17, 15) is 9.59 Å². The first kappa shape index (κ1) is 13.9. The highest BCUT2D eigenvalue weighted by Gasteiger charge is 2.16. The van der Waals surface area contributed by atoms with Gasteiger partial charge in [-0.25, -0.2) is 4.79 Å². The fourth-order valence-corrected chi connectivity index (χ4v) is 1.95. The smallest absolute Gasteiger partial charge is 0.343 e. The van der Waals surface area contributed by atoms with E-state index in [0.717, 1.165) is 0 Å². The summed E-state index contributed by atoms with van der Waals surface area (Å²) in [5.41, 5.74) is 0.0173. The van der Waals surface area contributed by atoms with Crippen LogP contribution in [-0.2, 0) is 4.74 Å². The molecule has 0 radical (unpaired) electrons. The predicted octanol–water partition coefficient (Wildman–Crippen LogP) is 1.29. The molecule has 0 bridgehead atoms.